The van der Waals surface area contributed by atoms with Gasteiger partial charge in [0.2, 0.25) is 0 Å². The fourth-order valence-electron chi connectivity index (χ4n) is 4.97. The minimum Gasteiger partial charge on any atom is -0.481 e. The number of rotatable bonds is 3. The second-order valence-electron chi connectivity index (χ2n) is 7.81. The zero-order valence-corrected chi connectivity index (χ0v) is 15.2. The summed E-state index contributed by atoms with van der Waals surface area (Å²) < 4.78 is 14.1. The van der Waals surface area contributed by atoms with Crippen molar-refractivity contribution >= 4 is 23.5 Å². The highest BCUT2D eigenvalue weighted by Crippen LogP contribution is 2.45. The third-order valence-corrected chi connectivity index (χ3v) is 6.68. The molecule has 2 atom stereocenters. The quantitative estimate of drug-likeness (QED) is 0.875. The largest absolute Gasteiger partial charge is 0.481 e. The van der Waals surface area contributed by atoms with E-state index < -0.39 is 23.1 Å². The zero-order chi connectivity index (χ0) is 18.5. The van der Waals surface area contributed by atoms with Gasteiger partial charge in [-0.05, 0) is 25.0 Å². The van der Waals surface area contributed by atoms with Crippen molar-refractivity contribution in [2.24, 2.45) is 11.3 Å². The van der Waals surface area contributed by atoms with Gasteiger partial charge in [-0.15, -0.1) is 0 Å². The van der Waals surface area contributed by atoms with Crippen LogP contribution in [0.2, 0.25) is 5.02 Å². The Kier molecular flexibility index (Phi) is 4.43. The molecule has 26 heavy (non-hydrogen) atoms. The summed E-state index contributed by atoms with van der Waals surface area (Å²) in [6, 6.07) is 4.58. The Hall–Kier alpha value is -1.66. The van der Waals surface area contributed by atoms with E-state index in [2.05, 4.69) is 4.90 Å². The highest BCUT2D eigenvalue weighted by atomic mass is 35.5. The number of carbonyl (C=O) groups is 2. The molecule has 0 unspecified atom stereocenters. The summed E-state index contributed by atoms with van der Waals surface area (Å²) >= 11 is 6.02. The SMILES string of the molecule is O=C(c1c(F)cccc1Cl)N1C[C@@H]2CN(C3CCCC3)C[C@]2(C(=O)O)C1. The monoisotopic (exact) mass is 380 g/mol. The van der Waals surface area contributed by atoms with E-state index in [0.717, 1.165) is 12.8 Å². The summed E-state index contributed by atoms with van der Waals surface area (Å²) in [6.07, 6.45) is 4.64. The van der Waals surface area contributed by atoms with Gasteiger partial charge in [0, 0.05) is 38.1 Å². The molecule has 2 aliphatic heterocycles. The van der Waals surface area contributed by atoms with Crippen LogP contribution in [-0.2, 0) is 4.79 Å². The number of halogens is 2. The van der Waals surface area contributed by atoms with Crippen LogP contribution in [0, 0.1) is 17.2 Å². The fourth-order valence-corrected chi connectivity index (χ4v) is 5.21. The first-order valence-corrected chi connectivity index (χ1v) is 9.51. The van der Waals surface area contributed by atoms with Gasteiger partial charge in [0.15, 0.2) is 0 Å². The zero-order valence-electron chi connectivity index (χ0n) is 14.5. The van der Waals surface area contributed by atoms with E-state index in [1.54, 1.807) is 0 Å². The third kappa shape index (κ3) is 2.70. The van der Waals surface area contributed by atoms with Crippen molar-refractivity contribution in [3.63, 3.8) is 0 Å². The lowest BCUT2D eigenvalue weighted by Crippen LogP contribution is -2.43. The molecule has 5 nitrogen and oxygen atoms in total. The second kappa shape index (κ2) is 6.50. The number of benzene rings is 1. The summed E-state index contributed by atoms with van der Waals surface area (Å²) in [5.74, 6) is -2.18. The Balaban J connectivity index is 1.57. The van der Waals surface area contributed by atoms with Crippen molar-refractivity contribution in [3.8, 4) is 0 Å². The molecule has 7 heteroatoms. The minimum absolute atomic E-state index is 0.0593. The molecule has 140 valence electrons. The summed E-state index contributed by atoms with van der Waals surface area (Å²) in [7, 11) is 0. The van der Waals surface area contributed by atoms with Gasteiger partial charge >= 0.3 is 5.97 Å². The van der Waals surface area contributed by atoms with Crippen molar-refractivity contribution in [2.45, 2.75) is 31.7 Å². The number of carboxylic acid groups (broad SMARTS) is 1. The number of aliphatic carboxylic acids is 1. The number of carboxylic acids is 1. The van der Waals surface area contributed by atoms with Crippen molar-refractivity contribution < 1.29 is 19.1 Å². The molecule has 0 spiro atoms. The number of amides is 1. The van der Waals surface area contributed by atoms with Crippen LogP contribution in [-0.4, -0.2) is 59.0 Å². The molecule has 0 bridgehead atoms. The van der Waals surface area contributed by atoms with E-state index in [-0.39, 0.29) is 23.0 Å². The van der Waals surface area contributed by atoms with Crippen molar-refractivity contribution in [1.29, 1.82) is 0 Å². The Labute approximate surface area is 156 Å². The van der Waals surface area contributed by atoms with Crippen LogP contribution in [0.1, 0.15) is 36.0 Å². The Morgan fingerprint density at radius 1 is 1.19 bits per heavy atom. The number of carbonyl (C=O) groups excluding carboxylic acids is 1. The van der Waals surface area contributed by atoms with Crippen molar-refractivity contribution in [3.05, 3.63) is 34.6 Å². The lowest BCUT2D eigenvalue weighted by Gasteiger charge is -2.29. The van der Waals surface area contributed by atoms with E-state index in [9.17, 15) is 19.1 Å². The van der Waals surface area contributed by atoms with Gasteiger partial charge in [0.05, 0.1) is 10.6 Å². The summed E-state index contributed by atoms with van der Waals surface area (Å²) in [5.41, 5.74) is -1.13. The Morgan fingerprint density at radius 2 is 1.92 bits per heavy atom. The predicted octanol–water partition coefficient (Wildman–Crippen LogP) is 2.88. The average molecular weight is 381 g/mol. The topological polar surface area (TPSA) is 60.9 Å². The van der Waals surface area contributed by atoms with E-state index in [1.807, 2.05) is 0 Å². The fraction of sp³-hybridized carbons (Fsp3) is 0.579. The highest BCUT2D eigenvalue weighted by Gasteiger charge is 2.59. The molecule has 1 amide bonds. The summed E-state index contributed by atoms with van der Waals surface area (Å²) in [5, 5.41) is 10.0. The molecule has 0 radical (unpaired) electrons. The smallest absolute Gasteiger partial charge is 0.313 e. The van der Waals surface area contributed by atoms with Crippen LogP contribution in [0.4, 0.5) is 4.39 Å². The van der Waals surface area contributed by atoms with Crippen LogP contribution in [0.15, 0.2) is 18.2 Å². The molecule has 2 heterocycles. The van der Waals surface area contributed by atoms with E-state index in [4.69, 9.17) is 11.6 Å². The summed E-state index contributed by atoms with van der Waals surface area (Å²) in [6.45, 7) is 1.59. The minimum atomic E-state index is -0.962. The molecule has 1 aromatic rings. The van der Waals surface area contributed by atoms with Gasteiger partial charge in [-0.25, -0.2) is 4.39 Å². The average Bonchev–Trinajstić information content (AvgIpc) is 3.28. The first-order valence-electron chi connectivity index (χ1n) is 9.13. The van der Waals surface area contributed by atoms with E-state index >= 15 is 0 Å². The molecule has 1 aliphatic carbocycles. The standard InChI is InChI=1S/C19H22ClFN2O3/c20-14-6-3-7-15(21)16(14)17(24)23-9-12-8-22(13-4-1-2-5-13)10-19(12,11-23)18(25)26/h3,6-7,12-13H,1-2,4-5,8-11H2,(H,25,26)/t12-,19-/m0/s1. The van der Waals surface area contributed by atoms with Gasteiger partial charge in [-0.3, -0.25) is 14.5 Å². The van der Waals surface area contributed by atoms with Gasteiger partial charge < -0.3 is 10.0 Å². The molecule has 2 saturated heterocycles. The number of likely N-dealkylation sites (tertiary alicyclic amines) is 2. The molecule has 1 N–H and O–H groups in total. The second-order valence-corrected chi connectivity index (χ2v) is 8.22. The third-order valence-electron chi connectivity index (χ3n) is 6.37. The number of hydrogen-bond acceptors (Lipinski definition) is 3. The molecule has 3 aliphatic rings. The molecule has 4 rings (SSSR count). The van der Waals surface area contributed by atoms with Gasteiger partial charge in [0.1, 0.15) is 11.2 Å². The van der Waals surface area contributed by atoms with Crippen LogP contribution < -0.4 is 0 Å². The molecule has 1 saturated carbocycles. The highest BCUT2D eigenvalue weighted by molar-refractivity contribution is 6.33. The van der Waals surface area contributed by atoms with E-state index in [0.29, 0.717) is 25.7 Å². The number of fused-ring (bicyclic) bond motifs is 1. The van der Waals surface area contributed by atoms with Crippen LogP contribution in [0.5, 0.6) is 0 Å². The lowest BCUT2D eigenvalue weighted by atomic mass is 9.81. The molecular weight excluding hydrogens is 359 g/mol. The first-order chi connectivity index (χ1) is 12.4. The molecular formula is C19H22ClFN2O3. The van der Waals surface area contributed by atoms with Crippen molar-refractivity contribution in [1.82, 2.24) is 9.80 Å². The normalized spacial score (nSPS) is 29.3. The maximum Gasteiger partial charge on any atom is 0.313 e. The van der Waals surface area contributed by atoms with Gasteiger partial charge in [-0.2, -0.15) is 0 Å². The summed E-state index contributed by atoms with van der Waals surface area (Å²) in [4.78, 5) is 28.7. The maximum absolute atomic E-state index is 14.1. The maximum atomic E-state index is 14.1. The number of nitrogens with zero attached hydrogens (tertiary/aromatic N) is 2. The van der Waals surface area contributed by atoms with E-state index in [1.165, 1.54) is 35.9 Å². The Morgan fingerprint density at radius 3 is 2.54 bits per heavy atom. The van der Waals surface area contributed by atoms with Crippen molar-refractivity contribution in [2.75, 3.05) is 26.2 Å². The molecule has 3 fully saturated rings. The Bertz CT molecular complexity index is 732. The van der Waals surface area contributed by atoms with Crippen LogP contribution in [0.3, 0.4) is 0 Å². The molecule has 1 aromatic carbocycles. The van der Waals surface area contributed by atoms with Crippen LogP contribution in [0.25, 0.3) is 0 Å². The lowest BCUT2D eigenvalue weighted by molar-refractivity contribution is -0.148. The molecule has 0 aromatic heterocycles. The first kappa shape index (κ1) is 17.7. The van der Waals surface area contributed by atoms with Gasteiger partial charge in [-0.1, -0.05) is 30.5 Å². The van der Waals surface area contributed by atoms with Gasteiger partial charge in [0.25, 0.3) is 5.91 Å². The van der Waals surface area contributed by atoms with Crippen LogP contribution >= 0.6 is 11.6 Å². The number of hydrogen-bond donors (Lipinski definition) is 1. The predicted molar refractivity (Wildman–Crippen MR) is 94.7 cm³/mol.